The van der Waals surface area contributed by atoms with Gasteiger partial charge in [0.25, 0.3) is 0 Å². The van der Waals surface area contributed by atoms with Crippen molar-refractivity contribution in [2.45, 2.75) is 50.2 Å². The van der Waals surface area contributed by atoms with E-state index in [4.69, 9.17) is 0 Å². The summed E-state index contributed by atoms with van der Waals surface area (Å²) < 4.78 is 0. The van der Waals surface area contributed by atoms with Crippen LogP contribution >= 0.6 is 0 Å². The molecule has 0 bridgehead atoms. The summed E-state index contributed by atoms with van der Waals surface area (Å²) in [6.45, 7) is 1.50. The fourth-order valence-corrected chi connectivity index (χ4v) is 4.66. The molecule has 152 valence electrons. The molecular weight excluding hydrogens is 362 g/mol. The van der Waals surface area contributed by atoms with E-state index in [0.29, 0.717) is 12.6 Å². The first-order chi connectivity index (χ1) is 14.2. The van der Waals surface area contributed by atoms with Gasteiger partial charge in [-0.25, -0.2) is 0 Å². The third-order valence-electron chi connectivity index (χ3n) is 6.12. The number of amides is 2. The number of carbonyl (C=O) groups is 2. The first kappa shape index (κ1) is 19.6. The number of nitrogens with one attached hydrogen (secondary N) is 2. The Morgan fingerprint density at radius 1 is 1.00 bits per heavy atom. The molecule has 2 amide bonds. The number of hydrogen-bond donors (Lipinski definition) is 2. The van der Waals surface area contributed by atoms with Crippen LogP contribution in [0, 0.1) is 0 Å². The molecule has 2 N–H and O–H groups in total. The highest BCUT2D eigenvalue weighted by molar-refractivity contribution is 5.89. The van der Waals surface area contributed by atoms with Gasteiger partial charge in [0.1, 0.15) is 0 Å². The second-order valence-corrected chi connectivity index (χ2v) is 8.01. The van der Waals surface area contributed by atoms with E-state index in [1.165, 1.54) is 12.8 Å². The standard InChI is InChI=1S/C24H29N3O2/c28-22(17-21-24(29)25-15-16-27(21)20-13-7-8-14-20)26-23(18-9-3-1-4-10-18)19-11-5-2-6-12-19/h1-6,9-12,20-21,23H,7-8,13-17H2,(H,25,29)(H,26,28). The van der Waals surface area contributed by atoms with Crippen LogP contribution in [0.25, 0.3) is 0 Å². The lowest BCUT2D eigenvalue weighted by Gasteiger charge is -2.39. The molecule has 1 saturated carbocycles. The highest BCUT2D eigenvalue weighted by Crippen LogP contribution is 2.27. The summed E-state index contributed by atoms with van der Waals surface area (Å²) >= 11 is 0. The smallest absolute Gasteiger partial charge is 0.237 e. The Kier molecular flexibility index (Phi) is 6.25. The van der Waals surface area contributed by atoms with E-state index in [1.54, 1.807) is 0 Å². The first-order valence-electron chi connectivity index (χ1n) is 10.6. The molecule has 5 heteroatoms. The molecule has 2 aromatic carbocycles. The summed E-state index contributed by atoms with van der Waals surface area (Å²) in [5, 5.41) is 6.13. The van der Waals surface area contributed by atoms with Crippen LogP contribution < -0.4 is 10.6 Å². The van der Waals surface area contributed by atoms with Crippen molar-refractivity contribution >= 4 is 11.8 Å². The van der Waals surface area contributed by atoms with Gasteiger partial charge in [0.2, 0.25) is 11.8 Å². The predicted octanol–water partition coefficient (Wildman–Crippen LogP) is 3.03. The summed E-state index contributed by atoms with van der Waals surface area (Å²) in [6, 6.07) is 19.8. The van der Waals surface area contributed by atoms with Crippen LogP contribution in [0.1, 0.15) is 49.3 Å². The van der Waals surface area contributed by atoms with Crippen molar-refractivity contribution in [3.63, 3.8) is 0 Å². The minimum atomic E-state index is -0.376. The van der Waals surface area contributed by atoms with Gasteiger partial charge in [0.15, 0.2) is 0 Å². The summed E-state index contributed by atoms with van der Waals surface area (Å²) in [7, 11) is 0. The molecule has 2 aromatic rings. The molecule has 29 heavy (non-hydrogen) atoms. The molecule has 1 aliphatic carbocycles. The zero-order valence-electron chi connectivity index (χ0n) is 16.7. The van der Waals surface area contributed by atoms with E-state index in [0.717, 1.165) is 30.5 Å². The highest BCUT2D eigenvalue weighted by Gasteiger charge is 2.37. The van der Waals surface area contributed by atoms with E-state index in [1.807, 2.05) is 60.7 Å². The number of benzene rings is 2. The van der Waals surface area contributed by atoms with Crippen LogP contribution in [-0.4, -0.2) is 41.9 Å². The molecule has 0 spiro atoms. The summed E-state index contributed by atoms with van der Waals surface area (Å²) in [5.41, 5.74) is 2.07. The molecule has 1 heterocycles. The lowest BCUT2D eigenvalue weighted by atomic mass is 9.98. The third-order valence-corrected chi connectivity index (χ3v) is 6.12. The van der Waals surface area contributed by atoms with Crippen molar-refractivity contribution in [3.8, 4) is 0 Å². The van der Waals surface area contributed by atoms with Crippen molar-refractivity contribution in [3.05, 3.63) is 71.8 Å². The molecule has 4 rings (SSSR count). The van der Waals surface area contributed by atoms with Crippen LogP contribution in [0.5, 0.6) is 0 Å². The van der Waals surface area contributed by atoms with Gasteiger partial charge in [0.05, 0.1) is 18.5 Å². The largest absolute Gasteiger partial charge is 0.353 e. The average molecular weight is 392 g/mol. The van der Waals surface area contributed by atoms with Crippen LogP contribution in [0.2, 0.25) is 0 Å². The molecule has 2 aliphatic rings. The molecule has 1 atom stereocenters. The maximum absolute atomic E-state index is 13.1. The number of carbonyl (C=O) groups excluding carboxylic acids is 2. The molecule has 0 aromatic heterocycles. The van der Waals surface area contributed by atoms with Crippen molar-refractivity contribution in [1.29, 1.82) is 0 Å². The predicted molar refractivity (Wildman–Crippen MR) is 113 cm³/mol. The Bertz CT molecular complexity index is 779. The zero-order chi connectivity index (χ0) is 20.1. The molecule has 2 fully saturated rings. The Balaban J connectivity index is 1.50. The number of hydrogen-bond acceptors (Lipinski definition) is 3. The number of piperazine rings is 1. The van der Waals surface area contributed by atoms with Crippen molar-refractivity contribution in [2.24, 2.45) is 0 Å². The highest BCUT2D eigenvalue weighted by atomic mass is 16.2. The van der Waals surface area contributed by atoms with Gasteiger partial charge in [-0.2, -0.15) is 0 Å². The zero-order valence-corrected chi connectivity index (χ0v) is 16.7. The Morgan fingerprint density at radius 3 is 2.17 bits per heavy atom. The van der Waals surface area contributed by atoms with Crippen molar-refractivity contribution in [1.82, 2.24) is 15.5 Å². The lowest BCUT2D eigenvalue weighted by molar-refractivity contribution is -0.135. The quantitative estimate of drug-likeness (QED) is 0.796. The first-order valence-corrected chi connectivity index (χ1v) is 10.6. The van der Waals surface area contributed by atoms with Gasteiger partial charge in [-0.3, -0.25) is 14.5 Å². The fourth-order valence-electron chi connectivity index (χ4n) is 4.66. The SMILES string of the molecule is O=C(CC1C(=O)NCCN1C1CCCC1)NC(c1ccccc1)c1ccccc1. The molecule has 5 nitrogen and oxygen atoms in total. The van der Waals surface area contributed by atoms with Crippen LogP contribution in [0.4, 0.5) is 0 Å². The number of rotatable bonds is 6. The third kappa shape index (κ3) is 4.67. The van der Waals surface area contributed by atoms with Gasteiger partial charge in [-0.15, -0.1) is 0 Å². The van der Waals surface area contributed by atoms with E-state index >= 15 is 0 Å². The topological polar surface area (TPSA) is 61.4 Å². The Morgan fingerprint density at radius 2 is 1.59 bits per heavy atom. The van der Waals surface area contributed by atoms with E-state index in [2.05, 4.69) is 15.5 Å². The van der Waals surface area contributed by atoms with E-state index in [9.17, 15) is 9.59 Å². The number of nitrogens with zero attached hydrogens (tertiary/aromatic N) is 1. The van der Waals surface area contributed by atoms with Gasteiger partial charge in [0, 0.05) is 19.1 Å². The van der Waals surface area contributed by atoms with Gasteiger partial charge in [-0.05, 0) is 24.0 Å². The molecule has 0 radical (unpaired) electrons. The Hall–Kier alpha value is -2.66. The van der Waals surface area contributed by atoms with Gasteiger partial charge < -0.3 is 10.6 Å². The van der Waals surface area contributed by atoms with Crippen LogP contribution in [0.3, 0.4) is 0 Å². The second kappa shape index (κ2) is 9.23. The van der Waals surface area contributed by atoms with Crippen molar-refractivity contribution < 1.29 is 9.59 Å². The average Bonchev–Trinajstić information content (AvgIpc) is 3.29. The monoisotopic (exact) mass is 391 g/mol. The molecule has 1 unspecified atom stereocenters. The normalized spacial score (nSPS) is 20.6. The summed E-state index contributed by atoms with van der Waals surface area (Å²) in [6.07, 6.45) is 4.88. The fraction of sp³-hybridized carbons (Fsp3) is 0.417. The van der Waals surface area contributed by atoms with Crippen molar-refractivity contribution in [2.75, 3.05) is 13.1 Å². The second-order valence-electron chi connectivity index (χ2n) is 8.01. The van der Waals surface area contributed by atoms with E-state index < -0.39 is 0 Å². The van der Waals surface area contributed by atoms with Gasteiger partial charge in [-0.1, -0.05) is 73.5 Å². The Labute approximate surface area is 172 Å². The molecular formula is C24H29N3O2. The summed E-state index contributed by atoms with van der Waals surface area (Å²) in [5.74, 6) is -0.109. The minimum absolute atomic E-state index is 0.0192. The van der Waals surface area contributed by atoms with Gasteiger partial charge >= 0.3 is 0 Å². The maximum atomic E-state index is 13.1. The lowest BCUT2D eigenvalue weighted by Crippen LogP contribution is -2.59. The summed E-state index contributed by atoms with van der Waals surface area (Å²) in [4.78, 5) is 27.9. The van der Waals surface area contributed by atoms with Crippen LogP contribution in [-0.2, 0) is 9.59 Å². The van der Waals surface area contributed by atoms with Crippen LogP contribution in [0.15, 0.2) is 60.7 Å². The maximum Gasteiger partial charge on any atom is 0.237 e. The minimum Gasteiger partial charge on any atom is -0.353 e. The molecule has 1 aliphatic heterocycles. The van der Waals surface area contributed by atoms with E-state index in [-0.39, 0.29) is 30.3 Å². The molecule has 1 saturated heterocycles.